The molecule has 11 heteroatoms. The largest absolute Gasteiger partial charge is 0.496 e. The second-order valence-electron chi connectivity index (χ2n) is 10.7. The minimum absolute atomic E-state index is 0.0197. The van der Waals surface area contributed by atoms with Crippen molar-refractivity contribution in [2.75, 3.05) is 25.2 Å². The predicted octanol–water partition coefficient (Wildman–Crippen LogP) is 6.08. The summed E-state index contributed by atoms with van der Waals surface area (Å²) < 4.78 is 15.4. The van der Waals surface area contributed by atoms with Crippen LogP contribution in [-0.2, 0) is 13.7 Å². The van der Waals surface area contributed by atoms with Crippen molar-refractivity contribution < 1.29 is 14.3 Å². The molecule has 2 aliphatic heterocycles. The molecule has 1 atom stereocenters. The number of methoxy groups -OCH3 is 1. The topological polar surface area (TPSA) is 74.4 Å². The summed E-state index contributed by atoms with van der Waals surface area (Å²) in [6.45, 7) is 4.98. The molecule has 8 nitrogen and oxygen atoms in total. The maximum Gasteiger partial charge on any atom is 0.275 e. The third-order valence-corrected chi connectivity index (χ3v) is 9.64. The van der Waals surface area contributed by atoms with E-state index in [4.69, 9.17) is 37.8 Å². The number of ether oxygens (including phenoxy) is 2. The van der Waals surface area contributed by atoms with Gasteiger partial charge in [-0.2, -0.15) is 20.7 Å². The van der Waals surface area contributed by atoms with E-state index in [1.807, 2.05) is 36.3 Å². The lowest BCUT2D eigenvalue weighted by atomic mass is 9.97. The zero-order chi connectivity index (χ0) is 28.3. The number of aromatic nitrogens is 4. The van der Waals surface area contributed by atoms with Gasteiger partial charge in [0, 0.05) is 69.6 Å². The molecular formula is C29H29Cl2N5O3S. The number of nitrogens with zero attached hydrogens (tertiary/aromatic N) is 5. The SMILES string of the molecule is C=S1CCN(C(=O)c2nn(-c3cc(Cl)cc(Cl)c3)c3c2COc2cc(OC)c(-c4ccn(C)n4)cc2-3)C(C)(C)C1. The van der Waals surface area contributed by atoms with Crippen molar-refractivity contribution >= 4 is 45.5 Å². The molecule has 0 saturated carbocycles. The lowest BCUT2D eigenvalue weighted by molar-refractivity contribution is 0.0588. The zero-order valence-corrected chi connectivity index (χ0v) is 25.0. The second kappa shape index (κ2) is 9.98. The van der Waals surface area contributed by atoms with Crippen LogP contribution in [0.1, 0.15) is 29.9 Å². The molecule has 4 aromatic rings. The fraction of sp³-hybridized carbons (Fsp3) is 0.310. The van der Waals surface area contributed by atoms with Crippen molar-refractivity contribution in [1.82, 2.24) is 24.5 Å². The molecule has 1 amide bonds. The Labute approximate surface area is 245 Å². The Morgan fingerprint density at radius 2 is 1.88 bits per heavy atom. The minimum atomic E-state index is -0.344. The first kappa shape index (κ1) is 26.9. The highest BCUT2D eigenvalue weighted by atomic mass is 35.5. The van der Waals surface area contributed by atoms with Crippen LogP contribution < -0.4 is 9.47 Å². The lowest BCUT2D eigenvalue weighted by Crippen LogP contribution is -2.54. The van der Waals surface area contributed by atoms with Crippen LogP contribution in [0.3, 0.4) is 0 Å². The molecular weight excluding hydrogens is 569 g/mol. The molecule has 0 radical (unpaired) electrons. The average Bonchev–Trinajstić information content (AvgIpc) is 3.50. The number of carbonyl (C=O) groups is 1. The van der Waals surface area contributed by atoms with Gasteiger partial charge in [-0.15, -0.1) is 0 Å². The van der Waals surface area contributed by atoms with Gasteiger partial charge in [0.1, 0.15) is 18.1 Å². The Morgan fingerprint density at radius 3 is 2.52 bits per heavy atom. The molecule has 0 aliphatic carbocycles. The van der Waals surface area contributed by atoms with Gasteiger partial charge >= 0.3 is 0 Å². The molecule has 2 aliphatic rings. The Kier molecular flexibility index (Phi) is 6.71. The summed E-state index contributed by atoms with van der Waals surface area (Å²) in [5, 5.41) is 10.4. The second-order valence-corrected chi connectivity index (χ2v) is 13.5. The highest BCUT2D eigenvalue weighted by Gasteiger charge is 2.39. The molecule has 1 saturated heterocycles. The molecule has 6 rings (SSSR count). The summed E-state index contributed by atoms with van der Waals surface area (Å²) >= 11 is 12.8. The van der Waals surface area contributed by atoms with Crippen LogP contribution in [0.5, 0.6) is 11.5 Å². The number of carbonyl (C=O) groups excluding carboxylic acids is 1. The molecule has 2 aromatic heterocycles. The van der Waals surface area contributed by atoms with Gasteiger partial charge < -0.3 is 14.4 Å². The average molecular weight is 599 g/mol. The van der Waals surface area contributed by atoms with Crippen LogP contribution in [0.15, 0.2) is 42.6 Å². The van der Waals surface area contributed by atoms with Gasteiger partial charge in [-0.1, -0.05) is 29.1 Å². The first-order chi connectivity index (χ1) is 19.1. The lowest BCUT2D eigenvalue weighted by Gasteiger charge is -2.43. The fourth-order valence-corrected chi connectivity index (χ4v) is 7.76. The summed E-state index contributed by atoms with van der Waals surface area (Å²) in [6, 6.07) is 11.0. The Bertz CT molecular complexity index is 1670. The molecule has 0 N–H and O–H groups in total. The summed E-state index contributed by atoms with van der Waals surface area (Å²) in [4.78, 5) is 16.1. The zero-order valence-electron chi connectivity index (χ0n) is 22.7. The maximum atomic E-state index is 14.2. The monoisotopic (exact) mass is 597 g/mol. The molecule has 2 aromatic carbocycles. The number of amides is 1. The van der Waals surface area contributed by atoms with E-state index >= 15 is 0 Å². The van der Waals surface area contributed by atoms with Crippen LogP contribution in [0.25, 0.3) is 28.2 Å². The first-order valence-corrected chi connectivity index (χ1v) is 15.3. The molecule has 208 valence electrons. The van der Waals surface area contributed by atoms with Crippen molar-refractivity contribution in [3.05, 3.63) is 63.9 Å². The van der Waals surface area contributed by atoms with Crippen LogP contribution in [0.4, 0.5) is 0 Å². The summed E-state index contributed by atoms with van der Waals surface area (Å²) in [5.74, 6) is 7.11. The standard InChI is InChI=1S/C29H29Cl2N5O3S/c1-29(2)16-40(5)9-8-35(29)28(37)26-22-15-39-25-14-24(38-4)20(23-6-7-34(3)32-23)13-21(25)27(22)36(33-26)19-11-17(30)10-18(31)12-19/h6-7,10-14H,5,8-9,15-16H2,1-4H3. The van der Waals surface area contributed by atoms with Gasteiger partial charge in [0.2, 0.25) is 0 Å². The van der Waals surface area contributed by atoms with E-state index < -0.39 is 0 Å². The number of hydrogen-bond donors (Lipinski definition) is 0. The number of aryl methyl sites for hydroxylation is 1. The van der Waals surface area contributed by atoms with Crippen molar-refractivity contribution in [1.29, 1.82) is 0 Å². The van der Waals surface area contributed by atoms with E-state index in [2.05, 4.69) is 24.8 Å². The van der Waals surface area contributed by atoms with Gasteiger partial charge in [0.25, 0.3) is 5.91 Å². The Balaban J connectivity index is 1.58. The number of benzene rings is 2. The molecule has 1 fully saturated rings. The third kappa shape index (κ3) is 4.60. The normalized spacial score (nSPS) is 17.6. The predicted molar refractivity (Wildman–Crippen MR) is 162 cm³/mol. The molecule has 0 spiro atoms. The van der Waals surface area contributed by atoms with E-state index in [0.717, 1.165) is 34.0 Å². The number of rotatable bonds is 4. The molecule has 0 bridgehead atoms. The number of fused-ring (bicyclic) bond motifs is 3. The van der Waals surface area contributed by atoms with Crippen molar-refractivity contribution in [2.45, 2.75) is 26.0 Å². The number of hydrogen-bond acceptors (Lipinski definition) is 5. The van der Waals surface area contributed by atoms with E-state index in [9.17, 15) is 4.79 Å². The van der Waals surface area contributed by atoms with Crippen LogP contribution >= 0.6 is 33.7 Å². The first-order valence-electron chi connectivity index (χ1n) is 12.8. The van der Waals surface area contributed by atoms with E-state index in [-0.39, 0.29) is 28.5 Å². The summed E-state index contributed by atoms with van der Waals surface area (Å²) in [6.07, 6.45) is 1.88. The summed E-state index contributed by atoms with van der Waals surface area (Å²) in [7, 11) is 3.51. The summed E-state index contributed by atoms with van der Waals surface area (Å²) in [5.41, 5.74) is 4.42. The molecule has 4 heterocycles. The van der Waals surface area contributed by atoms with Crippen molar-refractivity contribution in [2.24, 2.45) is 7.05 Å². The van der Waals surface area contributed by atoms with Gasteiger partial charge in [0.15, 0.2) is 5.69 Å². The maximum absolute atomic E-state index is 14.2. The third-order valence-electron chi connectivity index (χ3n) is 7.33. The Hall–Kier alpha value is -3.27. The molecule has 40 heavy (non-hydrogen) atoms. The van der Waals surface area contributed by atoms with Crippen molar-refractivity contribution in [3.63, 3.8) is 0 Å². The minimum Gasteiger partial charge on any atom is -0.496 e. The quantitative estimate of drug-likeness (QED) is 0.266. The van der Waals surface area contributed by atoms with Gasteiger partial charge in [-0.05, 0) is 44.2 Å². The van der Waals surface area contributed by atoms with E-state index in [1.54, 1.807) is 34.7 Å². The Morgan fingerprint density at radius 1 is 1.12 bits per heavy atom. The fourth-order valence-electron chi connectivity index (χ4n) is 5.50. The van der Waals surface area contributed by atoms with Crippen LogP contribution in [-0.4, -0.2) is 66.9 Å². The van der Waals surface area contributed by atoms with Crippen LogP contribution in [0, 0.1) is 0 Å². The van der Waals surface area contributed by atoms with Gasteiger partial charge in [-0.3, -0.25) is 9.48 Å². The number of halogens is 2. The van der Waals surface area contributed by atoms with E-state index in [1.165, 1.54) is 0 Å². The van der Waals surface area contributed by atoms with Gasteiger partial charge in [0.05, 0.1) is 24.2 Å². The molecule has 1 unspecified atom stereocenters. The van der Waals surface area contributed by atoms with Gasteiger partial charge in [-0.25, -0.2) is 4.68 Å². The van der Waals surface area contributed by atoms with Crippen LogP contribution in [0.2, 0.25) is 10.0 Å². The van der Waals surface area contributed by atoms with Crippen molar-refractivity contribution in [3.8, 4) is 39.7 Å². The highest BCUT2D eigenvalue weighted by molar-refractivity contribution is 8.14. The highest BCUT2D eigenvalue weighted by Crippen LogP contribution is 2.46. The van der Waals surface area contributed by atoms with E-state index in [0.29, 0.717) is 45.0 Å². The smallest absolute Gasteiger partial charge is 0.275 e.